The number of nitrogens with zero attached hydrogens (tertiary/aromatic N) is 3. The molecule has 116 valence electrons. The zero-order chi connectivity index (χ0) is 14.7. The van der Waals surface area contributed by atoms with Gasteiger partial charge < -0.3 is 10.7 Å². The van der Waals surface area contributed by atoms with Crippen LogP contribution in [-0.2, 0) is 0 Å². The fraction of sp³-hybridized carbons (Fsp3) is 0.750. The molecule has 2 fully saturated rings. The normalized spacial score (nSPS) is 19.5. The van der Waals surface area contributed by atoms with E-state index in [1.165, 1.54) is 32.1 Å². The second kappa shape index (κ2) is 6.60. The van der Waals surface area contributed by atoms with Gasteiger partial charge in [0.1, 0.15) is 17.5 Å². The van der Waals surface area contributed by atoms with Gasteiger partial charge in [0.25, 0.3) is 0 Å². The molecule has 0 aromatic carbocycles. The predicted molar refractivity (Wildman–Crippen MR) is 86.6 cm³/mol. The molecule has 3 rings (SSSR count). The van der Waals surface area contributed by atoms with Crippen LogP contribution in [0.5, 0.6) is 0 Å². The van der Waals surface area contributed by atoms with Gasteiger partial charge in [-0.25, -0.2) is 15.0 Å². The summed E-state index contributed by atoms with van der Waals surface area (Å²) < 4.78 is 0. The summed E-state index contributed by atoms with van der Waals surface area (Å²) in [5.41, 5.74) is 4.67. The van der Waals surface area contributed by atoms with Crippen molar-refractivity contribution in [1.29, 1.82) is 0 Å². The summed E-state index contributed by atoms with van der Waals surface area (Å²) in [7, 11) is 0. The van der Waals surface area contributed by atoms with Gasteiger partial charge >= 0.3 is 0 Å². The lowest BCUT2D eigenvalue weighted by atomic mass is 10.2. The van der Waals surface area contributed by atoms with Crippen LogP contribution >= 0.6 is 0 Å². The Hall–Kier alpha value is -1.36. The number of piperidine rings is 1. The van der Waals surface area contributed by atoms with Crippen molar-refractivity contribution in [2.45, 2.75) is 58.3 Å². The number of rotatable bonds is 6. The first-order chi connectivity index (χ1) is 10.3. The lowest BCUT2D eigenvalue weighted by Crippen LogP contribution is -2.35. The molecule has 0 radical (unpaired) electrons. The van der Waals surface area contributed by atoms with Gasteiger partial charge in [0.05, 0.1) is 0 Å². The number of anilines is 2. The molecule has 5 nitrogen and oxygen atoms in total. The first-order valence-electron chi connectivity index (χ1n) is 8.42. The third-order valence-corrected chi connectivity index (χ3v) is 4.27. The molecule has 0 atom stereocenters. The van der Waals surface area contributed by atoms with Crippen molar-refractivity contribution < 1.29 is 0 Å². The summed E-state index contributed by atoms with van der Waals surface area (Å²) in [6.07, 6.45) is 7.47. The van der Waals surface area contributed by atoms with Crippen molar-refractivity contribution in [3.8, 4) is 0 Å². The molecule has 0 spiro atoms. The van der Waals surface area contributed by atoms with Crippen molar-refractivity contribution >= 4 is 11.6 Å². The van der Waals surface area contributed by atoms with E-state index in [1.54, 1.807) is 0 Å². The maximum atomic E-state index is 4.79. The zero-order valence-electron chi connectivity index (χ0n) is 13.3. The third-order valence-electron chi connectivity index (χ3n) is 4.27. The maximum Gasteiger partial charge on any atom is 0.149 e. The molecule has 1 aliphatic carbocycles. The highest BCUT2D eigenvalue weighted by molar-refractivity contribution is 5.57. The molecular formula is C16H27N5. The molecule has 2 heterocycles. The minimum Gasteiger partial charge on any atom is -0.370 e. The molecule has 1 saturated carbocycles. The number of hydrazine groups is 1. The lowest BCUT2D eigenvalue weighted by molar-refractivity contribution is 0.272. The summed E-state index contributed by atoms with van der Waals surface area (Å²) >= 11 is 0. The Kier molecular flexibility index (Phi) is 4.58. The van der Waals surface area contributed by atoms with Crippen LogP contribution in [0.2, 0.25) is 0 Å². The quantitative estimate of drug-likeness (QED) is 0.841. The van der Waals surface area contributed by atoms with E-state index in [-0.39, 0.29) is 0 Å². The lowest BCUT2D eigenvalue weighted by Gasteiger charge is -2.28. The van der Waals surface area contributed by atoms with E-state index < -0.39 is 0 Å². The van der Waals surface area contributed by atoms with Crippen molar-refractivity contribution in [3.63, 3.8) is 0 Å². The fourth-order valence-electron chi connectivity index (χ4n) is 2.74. The highest BCUT2D eigenvalue weighted by Gasteiger charge is 2.28. The molecule has 1 saturated heterocycles. The molecule has 0 amide bonds. The second-order valence-electron chi connectivity index (χ2n) is 6.26. The smallest absolute Gasteiger partial charge is 0.149 e. The van der Waals surface area contributed by atoms with Gasteiger partial charge in [-0.05, 0) is 39.0 Å². The van der Waals surface area contributed by atoms with Gasteiger partial charge in [0, 0.05) is 31.1 Å². The molecule has 2 N–H and O–H groups in total. The molecule has 1 aliphatic heterocycles. The van der Waals surface area contributed by atoms with Crippen molar-refractivity contribution in [3.05, 3.63) is 11.4 Å². The average Bonchev–Trinajstić information content (AvgIpc) is 3.34. The predicted octanol–water partition coefficient (Wildman–Crippen LogP) is 3.30. The molecule has 0 unspecified atom stereocenters. The van der Waals surface area contributed by atoms with Gasteiger partial charge in [0.2, 0.25) is 0 Å². The summed E-state index contributed by atoms with van der Waals surface area (Å²) in [6.45, 7) is 7.48. The standard InChI is InChI=1S/C16H27N5/c1-3-9-17-14-12(2)15(19-16(18-14)13-7-8-13)20-21-10-5-4-6-11-21/h13H,3-11H2,1-2H3,(H2,17,18,19,20). The molecule has 21 heavy (non-hydrogen) atoms. The monoisotopic (exact) mass is 289 g/mol. The van der Waals surface area contributed by atoms with Crippen molar-refractivity contribution in [2.75, 3.05) is 30.4 Å². The molecule has 1 aromatic rings. The topological polar surface area (TPSA) is 53.1 Å². The highest BCUT2D eigenvalue weighted by atomic mass is 15.5. The van der Waals surface area contributed by atoms with E-state index in [9.17, 15) is 0 Å². The number of hydrogen-bond donors (Lipinski definition) is 2. The SMILES string of the molecule is CCCNc1nc(C2CC2)nc(NN2CCCCC2)c1C. The number of hydrogen-bond acceptors (Lipinski definition) is 5. The zero-order valence-corrected chi connectivity index (χ0v) is 13.3. The summed E-state index contributed by atoms with van der Waals surface area (Å²) in [5, 5.41) is 5.76. The first-order valence-corrected chi connectivity index (χ1v) is 8.42. The molecule has 1 aromatic heterocycles. The highest BCUT2D eigenvalue weighted by Crippen LogP contribution is 2.39. The summed E-state index contributed by atoms with van der Waals surface area (Å²) in [5.74, 6) is 3.59. The van der Waals surface area contributed by atoms with Gasteiger partial charge in [-0.2, -0.15) is 0 Å². The van der Waals surface area contributed by atoms with E-state index in [4.69, 9.17) is 9.97 Å². The van der Waals surface area contributed by atoms with Crippen LogP contribution in [0.25, 0.3) is 0 Å². The Morgan fingerprint density at radius 3 is 2.48 bits per heavy atom. The van der Waals surface area contributed by atoms with Crippen LogP contribution < -0.4 is 10.7 Å². The summed E-state index contributed by atoms with van der Waals surface area (Å²) in [6, 6.07) is 0. The van der Waals surface area contributed by atoms with E-state index >= 15 is 0 Å². The van der Waals surface area contributed by atoms with Crippen LogP contribution in [-0.4, -0.2) is 34.6 Å². The number of nitrogens with one attached hydrogen (secondary N) is 2. The van der Waals surface area contributed by atoms with Gasteiger partial charge in [-0.15, -0.1) is 0 Å². The Morgan fingerprint density at radius 1 is 1.10 bits per heavy atom. The van der Waals surface area contributed by atoms with Gasteiger partial charge in [0.15, 0.2) is 0 Å². The van der Waals surface area contributed by atoms with E-state index in [2.05, 4.69) is 29.6 Å². The van der Waals surface area contributed by atoms with Crippen LogP contribution in [0.1, 0.15) is 62.8 Å². The molecular weight excluding hydrogens is 262 g/mol. The Morgan fingerprint density at radius 2 is 1.81 bits per heavy atom. The van der Waals surface area contributed by atoms with Crippen LogP contribution in [0.3, 0.4) is 0 Å². The van der Waals surface area contributed by atoms with E-state index in [0.717, 1.165) is 49.1 Å². The molecule has 0 bridgehead atoms. The van der Waals surface area contributed by atoms with E-state index in [1.807, 2.05) is 0 Å². The Balaban J connectivity index is 1.80. The minimum absolute atomic E-state index is 0.578. The van der Waals surface area contributed by atoms with Crippen LogP contribution in [0, 0.1) is 6.92 Å². The summed E-state index contributed by atoms with van der Waals surface area (Å²) in [4.78, 5) is 9.54. The van der Waals surface area contributed by atoms with Crippen LogP contribution in [0.4, 0.5) is 11.6 Å². The van der Waals surface area contributed by atoms with Crippen molar-refractivity contribution in [2.24, 2.45) is 0 Å². The molecule has 2 aliphatic rings. The second-order valence-corrected chi connectivity index (χ2v) is 6.26. The Bertz CT molecular complexity index is 478. The molecule has 5 heteroatoms. The first kappa shape index (κ1) is 14.6. The maximum absolute atomic E-state index is 4.79. The van der Waals surface area contributed by atoms with Crippen LogP contribution in [0.15, 0.2) is 0 Å². The fourth-order valence-corrected chi connectivity index (χ4v) is 2.74. The van der Waals surface area contributed by atoms with E-state index in [0.29, 0.717) is 5.92 Å². The average molecular weight is 289 g/mol. The minimum atomic E-state index is 0.578. The largest absolute Gasteiger partial charge is 0.370 e. The van der Waals surface area contributed by atoms with Gasteiger partial charge in [-0.3, -0.25) is 0 Å². The Labute approximate surface area is 127 Å². The van der Waals surface area contributed by atoms with Crippen molar-refractivity contribution in [1.82, 2.24) is 15.0 Å². The third kappa shape index (κ3) is 3.64. The van der Waals surface area contributed by atoms with Gasteiger partial charge in [-0.1, -0.05) is 13.3 Å². The number of aromatic nitrogens is 2.